The van der Waals surface area contributed by atoms with Gasteiger partial charge in [0.1, 0.15) is 11.6 Å². The molecule has 22 heavy (non-hydrogen) atoms. The average molecular weight is 299 g/mol. The van der Waals surface area contributed by atoms with E-state index in [1.54, 1.807) is 6.07 Å². The first kappa shape index (κ1) is 14.8. The van der Waals surface area contributed by atoms with Crippen LogP contribution >= 0.6 is 0 Å². The first-order valence-corrected chi connectivity index (χ1v) is 7.80. The van der Waals surface area contributed by atoms with Crippen LogP contribution in [0.5, 0.6) is 5.75 Å². The minimum Gasteiger partial charge on any atom is -0.493 e. The predicted molar refractivity (Wildman–Crippen MR) is 85.3 cm³/mol. The van der Waals surface area contributed by atoms with Crippen LogP contribution in [0.15, 0.2) is 41.2 Å². The summed E-state index contributed by atoms with van der Waals surface area (Å²) in [5, 5.41) is 3.33. The number of nitrogens with zero attached hydrogens (tertiary/aromatic N) is 1. The zero-order valence-electron chi connectivity index (χ0n) is 12.5. The van der Waals surface area contributed by atoms with Crippen molar-refractivity contribution < 1.29 is 4.74 Å². The van der Waals surface area contributed by atoms with Gasteiger partial charge in [-0.05, 0) is 38.1 Å². The number of hydrogen-bond acceptors (Lipinski definition) is 4. The van der Waals surface area contributed by atoms with Crippen molar-refractivity contribution in [2.24, 2.45) is 0 Å². The molecule has 1 aliphatic rings. The third kappa shape index (κ3) is 3.95. The zero-order valence-corrected chi connectivity index (χ0v) is 12.5. The van der Waals surface area contributed by atoms with Crippen LogP contribution in [0.4, 0.5) is 0 Å². The number of nitrogens with one attached hydrogen (secondary N) is 2. The average Bonchev–Trinajstić information content (AvgIpc) is 2.56. The van der Waals surface area contributed by atoms with Gasteiger partial charge in [0.25, 0.3) is 5.56 Å². The van der Waals surface area contributed by atoms with Crippen molar-refractivity contribution >= 4 is 0 Å². The molecule has 1 aromatic heterocycles. The lowest BCUT2D eigenvalue weighted by molar-refractivity contribution is 0.318. The Hall–Kier alpha value is -2.14. The van der Waals surface area contributed by atoms with E-state index in [1.807, 2.05) is 30.3 Å². The molecule has 0 bridgehead atoms. The molecule has 0 saturated carbocycles. The second-order valence-corrected chi connectivity index (χ2v) is 5.55. The molecule has 2 heterocycles. The van der Waals surface area contributed by atoms with Gasteiger partial charge < -0.3 is 15.0 Å². The van der Waals surface area contributed by atoms with Gasteiger partial charge in [-0.1, -0.05) is 18.2 Å². The lowest BCUT2D eigenvalue weighted by atomic mass is 9.94. The van der Waals surface area contributed by atoms with E-state index in [1.165, 1.54) is 0 Å². The molecule has 116 valence electrons. The fourth-order valence-electron chi connectivity index (χ4n) is 2.76. The highest BCUT2D eigenvalue weighted by Crippen LogP contribution is 2.22. The maximum absolute atomic E-state index is 11.8. The number of rotatable bonds is 5. The molecule has 1 aromatic carbocycles. The Morgan fingerprint density at radius 3 is 2.73 bits per heavy atom. The Morgan fingerprint density at radius 1 is 1.18 bits per heavy atom. The summed E-state index contributed by atoms with van der Waals surface area (Å²) in [4.78, 5) is 19.3. The van der Waals surface area contributed by atoms with E-state index >= 15 is 0 Å². The number of para-hydroxylation sites is 1. The van der Waals surface area contributed by atoms with Crippen LogP contribution in [0, 0.1) is 0 Å². The number of benzene rings is 1. The Bertz CT molecular complexity index is 648. The fourth-order valence-corrected chi connectivity index (χ4v) is 2.76. The monoisotopic (exact) mass is 299 g/mol. The number of ether oxygens (including phenoxy) is 1. The molecule has 5 nitrogen and oxygen atoms in total. The number of hydrogen-bond donors (Lipinski definition) is 2. The van der Waals surface area contributed by atoms with Gasteiger partial charge in [0.05, 0.1) is 12.3 Å². The lowest BCUT2D eigenvalue weighted by Crippen LogP contribution is -2.28. The maximum Gasteiger partial charge on any atom is 0.251 e. The Balaban J connectivity index is 1.63. The summed E-state index contributed by atoms with van der Waals surface area (Å²) in [6, 6.07) is 11.3. The fraction of sp³-hybridized carbons (Fsp3) is 0.412. The van der Waals surface area contributed by atoms with Crippen molar-refractivity contribution in [2.45, 2.75) is 25.2 Å². The molecule has 1 saturated heterocycles. The normalized spacial score (nSPS) is 15.6. The summed E-state index contributed by atoms with van der Waals surface area (Å²) in [5.74, 6) is 1.92. The summed E-state index contributed by atoms with van der Waals surface area (Å²) in [5.41, 5.74) is 0.846. The van der Waals surface area contributed by atoms with Gasteiger partial charge in [-0.15, -0.1) is 0 Å². The molecule has 0 radical (unpaired) electrons. The second-order valence-electron chi connectivity index (χ2n) is 5.55. The number of piperidine rings is 1. The van der Waals surface area contributed by atoms with Gasteiger partial charge in [0.15, 0.2) is 0 Å². The van der Waals surface area contributed by atoms with Gasteiger partial charge in [0, 0.05) is 18.4 Å². The van der Waals surface area contributed by atoms with E-state index < -0.39 is 0 Å². The summed E-state index contributed by atoms with van der Waals surface area (Å²) >= 11 is 0. The minimum absolute atomic E-state index is 0.0711. The summed E-state index contributed by atoms with van der Waals surface area (Å²) in [7, 11) is 0. The van der Waals surface area contributed by atoms with Crippen LogP contribution in [0.25, 0.3) is 0 Å². The van der Waals surface area contributed by atoms with E-state index in [0.29, 0.717) is 24.8 Å². The topological polar surface area (TPSA) is 67.0 Å². The Morgan fingerprint density at radius 2 is 1.95 bits per heavy atom. The molecule has 5 heteroatoms. The van der Waals surface area contributed by atoms with E-state index in [0.717, 1.165) is 37.4 Å². The summed E-state index contributed by atoms with van der Waals surface area (Å²) in [6.45, 7) is 2.49. The van der Waals surface area contributed by atoms with Crippen LogP contribution in [0.2, 0.25) is 0 Å². The van der Waals surface area contributed by atoms with E-state index in [2.05, 4.69) is 15.3 Å². The quantitative estimate of drug-likeness (QED) is 0.884. The second kappa shape index (κ2) is 7.22. The van der Waals surface area contributed by atoms with Crippen molar-refractivity contribution in [3.63, 3.8) is 0 Å². The van der Waals surface area contributed by atoms with Crippen LogP contribution < -0.4 is 15.6 Å². The van der Waals surface area contributed by atoms with Gasteiger partial charge in [-0.25, -0.2) is 4.98 Å². The Kier molecular flexibility index (Phi) is 4.85. The molecule has 1 fully saturated rings. The third-order valence-electron chi connectivity index (χ3n) is 3.92. The molecule has 0 unspecified atom stereocenters. The lowest BCUT2D eigenvalue weighted by Gasteiger charge is -2.22. The highest BCUT2D eigenvalue weighted by Gasteiger charge is 2.17. The van der Waals surface area contributed by atoms with Crippen LogP contribution in [-0.2, 0) is 6.42 Å². The van der Waals surface area contributed by atoms with Crippen molar-refractivity contribution in [1.29, 1.82) is 0 Å². The molecule has 0 amide bonds. The largest absolute Gasteiger partial charge is 0.493 e. The smallest absolute Gasteiger partial charge is 0.251 e. The molecule has 3 rings (SSSR count). The number of aromatic nitrogens is 2. The molecular formula is C17H21N3O2. The van der Waals surface area contributed by atoms with Crippen molar-refractivity contribution in [1.82, 2.24) is 15.3 Å². The highest BCUT2D eigenvalue weighted by atomic mass is 16.5. The van der Waals surface area contributed by atoms with Crippen molar-refractivity contribution in [2.75, 3.05) is 19.7 Å². The molecule has 1 aliphatic heterocycles. The Labute approximate surface area is 129 Å². The van der Waals surface area contributed by atoms with Crippen LogP contribution in [0.3, 0.4) is 0 Å². The van der Waals surface area contributed by atoms with E-state index in [4.69, 9.17) is 4.74 Å². The predicted octanol–water partition coefficient (Wildman–Crippen LogP) is 1.86. The molecule has 0 spiro atoms. The van der Waals surface area contributed by atoms with Crippen LogP contribution in [0.1, 0.15) is 30.3 Å². The first-order valence-electron chi connectivity index (χ1n) is 7.80. The van der Waals surface area contributed by atoms with Crippen LogP contribution in [-0.4, -0.2) is 29.7 Å². The standard InChI is InChI=1S/C17H21N3O2/c21-17-12-15(13-6-9-18-10-7-13)19-16(20-17)8-11-22-14-4-2-1-3-5-14/h1-5,12-13,18H,6-11H2,(H,19,20,21). The van der Waals surface area contributed by atoms with Crippen molar-refractivity contribution in [3.05, 3.63) is 58.3 Å². The van der Waals surface area contributed by atoms with E-state index in [-0.39, 0.29) is 5.56 Å². The molecule has 2 N–H and O–H groups in total. The number of aromatic amines is 1. The molecule has 2 aromatic rings. The molecular weight excluding hydrogens is 278 g/mol. The third-order valence-corrected chi connectivity index (χ3v) is 3.92. The minimum atomic E-state index is -0.0711. The van der Waals surface area contributed by atoms with Gasteiger partial charge in [-0.2, -0.15) is 0 Å². The highest BCUT2D eigenvalue weighted by molar-refractivity contribution is 5.21. The summed E-state index contributed by atoms with van der Waals surface area (Å²) in [6.07, 6.45) is 2.68. The van der Waals surface area contributed by atoms with Gasteiger partial charge in [0.2, 0.25) is 0 Å². The summed E-state index contributed by atoms with van der Waals surface area (Å²) < 4.78 is 5.66. The first-order chi connectivity index (χ1) is 10.8. The van der Waals surface area contributed by atoms with Gasteiger partial charge >= 0.3 is 0 Å². The molecule has 0 aliphatic carbocycles. The van der Waals surface area contributed by atoms with E-state index in [9.17, 15) is 4.79 Å². The van der Waals surface area contributed by atoms with Gasteiger partial charge in [-0.3, -0.25) is 4.79 Å². The van der Waals surface area contributed by atoms with Crippen molar-refractivity contribution in [3.8, 4) is 5.75 Å². The maximum atomic E-state index is 11.8. The number of H-pyrrole nitrogens is 1. The molecule has 0 atom stereocenters. The zero-order chi connectivity index (χ0) is 15.2. The SMILES string of the molecule is O=c1cc(C2CCNCC2)nc(CCOc2ccccc2)[nH]1.